The second kappa shape index (κ2) is 8.49. The summed E-state index contributed by atoms with van der Waals surface area (Å²) >= 11 is 0. The van der Waals surface area contributed by atoms with Crippen LogP contribution in [-0.2, 0) is 11.2 Å². The lowest BCUT2D eigenvalue weighted by Gasteiger charge is -2.33. The van der Waals surface area contributed by atoms with Gasteiger partial charge in [0.05, 0.1) is 6.54 Å². The predicted molar refractivity (Wildman–Crippen MR) is 94.3 cm³/mol. The molecule has 1 heterocycles. The highest BCUT2D eigenvalue weighted by Crippen LogP contribution is 2.22. The van der Waals surface area contributed by atoms with E-state index in [-0.39, 0.29) is 0 Å². The largest absolute Gasteiger partial charge is 0.342 e. The second-order valence-electron chi connectivity index (χ2n) is 7.23. The topological polar surface area (TPSA) is 32.3 Å². The van der Waals surface area contributed by atoms with Crippen LogP contribution in [0.1, 0.15) is 50.5 Å². The lowest BCUT2D eigenvalue weighted by molar-refractivity contribution is -0.131. The third-order valence-electron chi connectivity index (χ3n) is 5.48. The van der Waals surface area contributed by atoms with Crippen LogP contribution in [0.2, 0.25) is 0 Å². The molecule has 3 rings (SSSR count). The lowest BCUT2D eigenvalue weighted by Crippen LogP contribution is -2.45. The van der Waals surface area contributed by atoms with Crippen molar-refractivity contribution in [1.29, 1.82) is 0 Å². The fourth-order valence-corrected chi connectivity index (χ4v) is 3.98. The zero-order valence-corrected chi connectivity index (χ0v) is 14.2. The molecule has 2 fully saturated rings. The molecule has 0 unspecified atom stereocenters. The maximum absolute atomic E-state index is 12.4. The van der Waals surface area contributed by atoms with E-state index in [1.807, 2.05) is 0 Å². The van der Waals surface area contributed by atoms with E-state index >= 15 is 0 Å². The van der Waals surface area contributed by atoms with Crippen LogP contribution in [0, 0.1) is 5.92 Å². The summed E-state index contributed by atoms with van der Waals surface area (Å²) in [5.74, 6) is 1.03. The van der Waals surface area contributed by atoms with Gasteiger partial charge in [-0.05, 0) is 43.6 Å². The number of nitrogens with zero attached hydrogens (tertiary/aromatic N) is 1. The van der Waals surface area contributed by atoms with Crippen molar-refractivity contribution >= 4 is 5.91 Å². The minimum Gasteiger partial charge on any atom is -0.342 e. The summed E-state index contributed by atoms with van der Waals surface area (Å²) in [6.45, 7) is 2.40. The Labute approximate surface area is 140 Å². The van der Waals surface area contributed by atoms with Gasteiger partial charge in [-0.2, -0.15) is 0 Å². The number of rotatable bonds is 5. The smallest absolute Gasteiger partial charge is 0.236 e. The van der Waals surface area contributed by atoms with Crippen molar-refractivity contribution in [2.24, 2.45) is 5.92 Å². The number of carbonyl (C=O) groups excluding carboxylic acids is 1. The normalized spacial score (nSPS) is 20.6. The molecule has 1 aromatic rings. The third-order valence-corrected chi connectivity index (χ3v) is 5.48. The van der Waals surface area contributed by atoms with Gasteiger partial charge in [0.15, 0.2) is 0 Å². The molecule has 0 spiro atoms. The Kier molecular flexibility index (Phi) is 6.09. The number of benzene rings is 1. The predicted octanol–water partition coefficient (Wildman–Crippen LogP) is 3.39. The molecule has 23 heavy (non-hydrogen) atoms. The number of hydrogen-bond acceptors (Lipinski definition) is 2. The molecular weight excluding hydrogens is 284 g/mol. The molecule has 3 heteroatoms. The van der Waals surface area contributed by atoms with E-state index in [1.54, 1.807) is 0 Å². The highest BCUT2D eigenvalue weighted by atomic mass is 16.2. The first-order valence-electron chi connectivity index (χ1n) is 9.36. The van der Waals surface area contributed by atoms with Crippen molar-refractivity contribution in [3.8, 4) is 0 Å². The zero-order chi connectivity index (χ0) is 15.9. The summed E-state index contributed by atoms with van der Waals surface area (Å²) in [4.78, 5) is 14.4. The summed E-state index contributed by atoms with van der Waals surface area (Å²) < 4.78 is 0. The van der Waals surface area contributed by atoms with Crippen molar-refractivity contribution in [1.82, 2.24) is 10.2 Å². The van der Waals surface area contributed by atoms with E-state index in [4.69, 9.17) is 0 Å². The summed E-state index contributed by atoms with van der Waals surface area (Å²) in [6, 6.07) is 11.3. The van der Waals surface area contributed by atoms with E-state index in [1.165, 1.54) is 37.7 Å². The molecule has 0 radical (unpaired) electrons. The maximum Gasteiger partial charge on any atom is 0.236 e. The summed E-state index contributed by atoms with van der Waals surface area (Å²) in [7, 11) is 0. The van der Waals surface area contributed by atoms with Crippen LogP contribution in [0.4, 0.5) is 0 Å². The SMILES string of the molecule is O=C(CNC1CCCCC1)N1CCC(Cc2ccccc2)CC1. The van der Waals surface area contributed by atoms with Gasteiger partial charge in [-0.3, -0.25) is 4.79 Å². The van der Waals surface area contributed by atoms with E-state index in [0.717, 1.165) is 38.3 Å². The van der Waals surface area contributed by atoms with Gasteiger partial charge in [0.2, 0.25) is 5.91 Å². The van der Waals surface area contributed by atoms with Gasteiger partial charge in [-0.15, -0.1) is 0 Å². The first-order valence-corrected chi connectivity index (χ1v) is 9.36. The first kappa shape index (κ1) is 16.5. The van der Waals surface area contributed by atoms with Gasteiger partial charge in [0.25, 0.3) is 0 Å². The van der Waals surface area contributed by atoms with Crippen LogP contribution < -0.4 is 5.32 Å². The lowest BCUT2D eigenvalue weighted by atomic mass is 9.90. The molecule has 1 N–H and O–H groups in total. The van der Waals surface area contributed by atoms with Gasteiger partial charge in [0.1, 0.15) is 0 Å². The summed E-state index contributed by atoms with van der Waals surface area (Å²) in [5.41, 5.74) is 1.43. The van der Waals surface area contributed by atoms with Gasteiger partial charge in [0, 0.05) is 19.1 Å². The zero-order valence-electron chi connectivity index (χ0n) is 14.2. The maximum atomic E-state index is 12.4. The van der Waals surface area contributed by atoms with Gasteiger partial charge >= 0.3 is 0 Å². The molecule has 3 nitrogen and oxygen atoms in total. The van der Waals surface area contributed by atoms with E-state index in [9.17, 15) is 4.79 Å². The quantitative estimate of drug-likeness (QED) is 0.903. The van der Waals surface area contributed by atoms with Crippen LogP contribution in [0.25, 0.3) is 0 Å². The van der Waals surface area contributed by atoms with Crippen molar-refractivity contribution in [3.63, 3.8) is 0 Å². The van der Waals surface area contributed by atoms with Gasteiger partial charge in [-0.25, -0.2) is 0 Å². The molecule has 1 amide bonds. The van der Waals surface area contributed by atoms with E-state index in [2.05, 4.69) is 40.5 Å². The molecule has 0 bridgehead atoms. The van der Waals surface area contributed by atoms with Crippen molar-refractivity contribution in [3.05, 3.63) is 35.9 Å². The molecule has 1 saturated heterocycles. The molecule has 2 aliphatic rings. The average molecular weight is 314 g/mol. The Bertz CT molecular complexity index is 474. The highest BCUT2D eigenvalue weighted by Gasteiger charge is 2.23. The fraction of sp³-hybridized carbons (Fsp3) is 0.650. The average Bonchev–Trinajstić information content (AvgIpc) is 2.62. The molecular formula is C20H30N2O. The second-order valence-corrected chi connectivity index (χ2v) is 7.23. The minimum atomic E-state index is 0.300. The molecule has 1 saturated carbocycles. The standard InChI is InChI=1S/C20H30N2O/c23-20(16-21-19-9-5-2-6-10-19)22-13-11-18(12-14-22)15-17-7-3-1-4-8-17/h1,3-4,7-8,18-19,21H,2,5-6,9-16H2. The Hall–Kier alpha value is -1.35. The van der Waals surface area contributed by atoms with Gasteiger partial charge in [-0.1, -0.05) is 49.6 Å². The van der Waals surface area contributed by atoms with Crippen molar-refractivity contribution in [2.45, 2.75) is 57.4 Å². The third kappa shape index (κ3) is 5.07. The van der Waals surface area contributed by atoms with Crippen LogP contribution >= 0.6 is 0 Å². The van der Waals surface area contributed by atoms with Crippen LogP contribution in [0.15, 0.2) is 30.3 Å². The van der Waals surface area contributed by atoms with E-state index < -0.39 is 0 Å². The Morgan fingerprint density at radius 2 is 1.70 bits per heavy atom. The number of carbonyl (C=O) groups is 1. The van der Waals surface area contributed by atoms with Crippen LogP contribution in [0.5, 0.6) is 0 Å². The number of piperidine rings is 1. The Balaban J connectivity index is 1.37. The number of amides is 1. The van der Waals surface area contributed by atoms with Crippen LogP contribution in [-0.4, -0.2) is 36.5 Å². The minimum absolute atomic E-state index is 0.300. The molecule has 1 aromatic carbocycles. The molecule has 0 aromatic heterocycles. The number of hydrogen-bond donors (Lipinski definition) is 1. The Morgan fingerprint density at radius 1 is 1.00 bits per heavy atom. The van der Waals surface area contributed by atoms with Crippen molar-refractivity contribution in [2.75, 3.05) is 19.6 Å². The molecule has 1 aliphatic heterocycles. The number of nitrogens with one attached hydrogen (secondary N) is 1. The summed E-state index contributed by atoms with van der Waals surface area (Å²) in [5, 5.41) is 3.48. The first-order chi connectivity index (χ1) is 11.3. The van der Waals surface area contributed by atoms with E-state index in [0.29, 0.717) is 18.5 Å². The molecule has 126 valence electrons. The van der Waals surface area contributed by atoms with Crippen molar-refractivity contribution < 1.29 is 4.79 Å². The summed E-state index contributed by atoms with van der Waals surface area (Å²) in [6.07, 6.45) is 9.92. The number of likely N-dealkylation sites (tertiary alicyclic amines) is 1. The van der Waals surface area contributed by atoms with Gasteiger partial charge < -0.3 is 10.2 Å². The monoisotopic (exact) mass is 314 g/mol. The molecule has 0 atom stereocenters. The fourth-order valence-electron chi connectivity index (χ4n) is 3.98. The Morgan fingerprint density at radius 3 is 2.39 bits per heavy atom. The van der Waals surface area contributed by atoms with Crippen LogP contribution in [0.3, 0.4) is 0 Å². The highest BCUT2D eigenvalue weighted by molar-refractivity contribution is 5.78. The molecule has 1 aliphatic carbocycles.